The van der Waals surface area contributed by atoms with E-state index in [1.807, 2.05) is 30.3 Å². The van der Waals surface area contributed by atoms with Gasteiger partial charge in [-0.25, -0.2) is 9.97 Å². The minimum absolute atomic E-state index is 0.0986. The number of ether oxygens (including phenoxy) is 1. The number of H-pyrrole nitrogens is 1. The van der Waals surface area contributed by atoms with Gasteiger partial charge in [0.25, 0.3) is 0 Å². The van der Waals surface area contributed by atoms with Crippen molar-refractivity contribution in [3.05, 3.63) is 78.2 Å². The number of anilines is 1. The molecule has 0 bridgehead atoms. The SMILES string of the molecule is N[C@@H]1CC[C@@H](Nc2ncnc3[nH]cc(C(=O)c4ccc(Oc5ccccc5)cc4)c23)C1. The minimum atomic E-state index is -0.0986. The molecule has 0 saturated heterocycles. The van der Waals surface area contributed by atoms with Gasteiger partial charge in [-0.15, -0.1) is 0 Å². The van der Waals surface area contributed by atoms with Gasteiger partial charge in [-0.05, 0) is 55.7 Å². The van der Waals surface area contributed by atoms with Crippen molar-refractivity contribution in [2.75, 3.05) is 5.32 Å². The molecule has 4 aromatic rings. The van der Waals surface area contributed by atoms with E-state index in [1.165, 1.54) is 6.33 Å². The lowest BCUT2D eigenvalue weighted by Crippen LogP contribution is -2.21. The van der Waals surface area contributed by atoms with Gasteiger partial charge in [-0.2, -0.15) is 0 Å². The number of fused-ring (bicyclic) bond motifs is 1. The van der Waals surface area contributed by atoms with E-state index >= 15 is 0 Å². The highest BCUT2D eigenvalue weighted by Crippen LogP contribution is 2.29. The van der Waals surface area contributed by atoms with Crippen molar-refractivity contribution in [2.45, 2.75) is 31.3 Å². The van der Waals surface area contributed by atoms with Gasteiger partial charge in [0.2, 0.25) is 0 Å². The van der Waals surface area contributed by atoms with Gasteiger partial charge in [-0.3, -0.25) is 4.79 Å². The van der Waals surface area contributed by atoms with E-state index in [4.69, 9.17) is 10.5 Å². The van der Waals surface area contributed by atoms with Gasteiger partial charge in [0.1, 0.15) is 29.3 Å². The molecule has 1 saturated carbocycles. The predicted octanol–water partition coefficient (Wildman–Crippen LogP) is 4.27. The standard InChI is InChI=1S/C24H23N5O2/c25-16-8-9-17(12-16)29-24-21-20(13-26-23(21)27-14-28-24)22(30)15-6-10-19(11-7-15)31-18-4-2-1-3-5-18/h1-7,10-11,13-14,16-17H,8-9,12,25H2,(H2,26,27,28,29)/t16-,17-/m1/s1. The van der Waals surface area contributed by atoms with Gasteiger partial charge in [-0.1, -0.05) is 18.2 Å². The average molecular weight is 413 g/mol. The fraction of sp³-hybridized carbons (Fsp3) is 0.208. The summed E-state index contributed by atoms with van der Waals surface area (Å²) in [7, 11) is 0. The molecule has 1 aliphatic carbocycles. The van der Waals surface area contributed by atoms with Gasteiger partial charge < -0.3 is 20.8 Å². The van der Waals surface area contributed by atoms with E-state index in [-0.39, 0.29) is 17.9 Å². The summed E-state index contributed by atoms with van der Waals surface area (Å²) in [4.78, 5) is 25.1. The molecule has 0 aliphatic heterocycles. The molecule has 0 amide bonds. The Morgan fingerprint density at radius 3 is 2.55 bits per heavy atom. The van der Waals surface area contributed by atoms with Crippen LogP contribution in [0.15, 0.2) is 67.1 Å². The first-order valence-electron chi connectivity index (χ1n) is 10.4. The average Bonchev–Trinajstić information content (AvgIpc) is 3.41. The summed E-state index contributed by atoms with van der Waals surface area (Å²) in [6.45, 7) is 0. The summed E-state index contributed by atoms with van der Waals surface area (Å²) < 4.78 is 5.82. The lowest BCUT2D eigenvalue weighted by molar-refractivity contribution is 0.104. The molecular weight excluding hydrogens is 390 g/mol. The van der Waals surface area contributed by atoms with E-state index in [2.05, 4.69) is 20.3 Å². The van der Waals surface area contributed by atoms with Crippen molar-refractivity contribution in [2.24, 2.45) is 5.73 Å². The van der Waals surface area contributed by atoms with Crippen LogP contribution in [0.1, 0.15) is 35.2 Å². The second kappa shape index (κ2) is 8.20. The summed E-state index contributed by atoms with van der Waals surface area (Å²) in [6, 6.07) is 17.1. The van der Waals surface area contributed by atoms with E-state index in [0.29, 0.717) is 33.7 Å². The van der Waals surface area contributed by atoms with Gasteiger partial charge >= 0.3 is 0 Å². The van der Waals surface area contributed by atoms with E-state index < -0.39 is 0 Å². The highest BCUT2D eigenvalue weighted by atomic mass is 16.5. The molecule has 1 fully saturated rings. The maximum atomic E-state index is 13.3. The molecule has 5 rings (SSSR count). The molecule has 0 unspecified atom stereocenters. The Kier molecular flexibility index (Phi) is 5.09. The highest BCUT2D eigenvalue weighted by molar-refractivity contribution is 6.18. The van der Waals surface area contributed by atoms with Crippen molar-refractivity contribution in [1.82, 2.24) is 15.0 Å². The second-order valence-electron chi connectivity index (χ2n) is 7.83. The number of hydrogen-bond donors (Lipinski definition) is 3. The zero-order valence-electron chi connectivity index (χ0n) is 16.9. The molecule has 1 aliphatic rings. The molecule has 2 atom stereocenters. The molecule has 0 spiro atoms. The topological polar surface area (TPSA) is 106 Å². The lowest BCUT2D eigenvalue weighted by Gasteiger charge is -2.14. The number of carbonyl (C=O) groups is 1. The van der Waals surface area contributed by atoms with Crippen LogP contribution in [0.25, 0.3) is 11.0 Å². The van der Waals surface area contributed by atoms with Gasteiger partial charge in [0, 0.05) is 23.8 Å². The van der Waals surface area contributed by atoms with Crippen LogP contribution in [0.3, 0.4) is 0 Å². The number of carbonyl (C=O) groups excluding carboxylic acids is 1. The number of nitrogens with zero attached hydrogens (tertiary/aromatic N) is 2. The lowest BCUT2D eigenvalue weighted by atomic mass is 10.0. The predicted molar refractivity (Wildman–Crippen MR) is 120 cm³/mol. The monoisotopic (exact) mass is 413 g/mol. The Balaban J connectivity index is 1.40. The zero-order valence-corrected chi connectivity index (χ0v) is 16.9. The van der Waals surface area contributed by atoms with Crippen LogP contribution in [0.2, 0.25) is 0 Å². The molecule has 0 radical (unpaired) electrons. The van der Waals surface area contributed by atoms with Crippen LogP contribution in [0.5, 0.6) is 11.5 Å². The smallest absolute Gasteiger partial charge is 0.195 e. The normalized spacial score (nSPS) is 18.2. The number of aromatic nitrogens is 3. The fourth-order valence-electron chi connectivity index (χ4n) is 4.05. The van der Waals surface area contributed by atoms with E-state index in [9.17, 15) is 4.79 Å². The zero-order chi connectivity index (χ0) is 21.2. The molecule has 4 N–H and O–H groups in total. The largest absolute Gasteiger partial charge is 0.457 e. The van der Waals surface area contributed by atoms with Crippen LogP contribution in [0.4, 0.5) is 5.82 Å². The van der Waals surface area contributed by atoms with Crippen LogP contribution in [-0.2, 0) is 0 Å². The van der Waals surface area contributed by atoms with Crippen LogP contribution in [-0.4, -0.2) is 32.8 Å². The Labute approximate surface area is 179 Å². The molecule has 31 heavy (non-hydrogen) atoms. The molecule has 156 valence electrons. The number of nitrogens with one attached hydrogen (secondary N) is 2. The number of aromatic amines is 1. The number of para-hydroxylation sites is 1. The van der Waals surface area contributed by atoms with E-state index in [1.54, 1.807) is 30.5 Å². The quantitative estimate of drug-likeness (QED) is 0.408. The second-order valence-corrected chi connectivity index (χ2v) is 7.83. The molecule has 2 heterocycles. The summed E-state index contributed by atoms with van der Waals surface area (Å²) in [6.07, 6.45) is 6.06. The van der Waals surface area contributed by atoms with E-state index in [0.717, 1.165) is 25.0 Å². The maximum Gasteiger partial charge on any atom is 0.195 e. The third-order valence-electron chi connectivity index (χ3n) is 5.62. The first-order valence-corrected chi connectivity index (χ1v) is 10.4. The van der Waals surface area contributed by atoms with Crippen LogP contribution >= 0.6 is 0 Å². The summed E-state index contributed by atoms with van der Waals surface area (Å²) in [5, 5.41) is 4.17. The first kappa shape index (κ1) is 19.3. The van der Waals surface area contributed by atoms with Crippen molar-refractivity contribution in [3.63, 3.8) is 0 Å². The molecule has 7 nitrogen and oxygen atoms in total. The minimum Gasteiger partial charge on any atom is -0.457 e. The third-order valence-corrected chi connectivity index (χ3v) is 5.62. The Bertz CT molecular complexity index is 1200. The fourth-order valence-corrected chi connectivity index (χ4v) is 4.05. The van der Waals surface area contributed by atoms with Crippen molar-refractivity contribution in [1.29, 1.82) is 0 Å². The van der Waals surface area contributed by atoms with Gasteiger partial charge in [0.05, 0.1) is 10.9 Å². The van der Waals surface area contributed by atoms with Gasteiger partial charge in [0.15, 0.2) is 5.78 Å². The number of rotatable bonds is 6. The number of ketones is 1. The molecule has 2 aromatic carbocycles. The Hall–Kier alpha value is -3.71. The van der Waals surface area contributed by atoms with Crippen LogP contribution < -0.4 is 15.8 Å². The summed E-state index contributed by atoms with van der Waals surface area (Å²) in [5.41, 5.74) is 7.78. The Morgan fingerprint density at radius 2 is 1.81 bits per heavy atom. The van der Waals surface area contributed by atoms with Crippen molar-refractivity contribution < 1.29 is 9.53 Å². The van der Waals surface area contributed by atoms with Crippen LogP contribution in [0, 0.1) is 0 Å². The molecular formula is C24H23N5O2. The summed E-state index contributed by atoms with van der Waals surface area (Å²) >= 11 is 0. The first-order chi connectivity index (χ1) is 15.2. The number of benzene rings is 2. The molecule has 2 aromatic heterocycles. The molecule has 7 heteroatoms. The van der Waals surface area contributed by atoms with Crippen molar-refractivity contribution in [3.8, 4) is 11.5 Å². The summed E-state index contributed by atoms with van der Waals surface area (Å²) in [5.74, 6) is 1.99. The maximum absolute atomic E-state index is 13.3. The van der Waals surface area contributed by atoms with Crippen molar-refractivity contribution >= 4 is 22.6 Å². The number of nitrogens with two attached hydrogens (primary N) is 1. The highest BCUT2D eigenvalue weighted by Gasteiger charge is 2.24. The Morgan fingerprint density at radius 1 is 1.03 bits per heavy atom. The third kappa shape index (κ3) is 4.00. The number of hydrogen-bond acceptors (Lipinski definition) is 6.